The summed E-state index contributed by atoms with van der Waals surface area (Å²) in [6.45, 7) is 1.98. The number of nitrogens with two attached hydrogens (primary N) is 1. The SMILES string of the molecule is Cc1ccc(C(N)Cc2cc(F)ccc2F)c(Br)c1. The average molecular weight is 326 g/mol. The van der Waals surface area contributed by atoms with Gasteiger partial charge in [0, 0.05) is 10.5 Å². The molecule has 1 atom stereocenters. The van der Waals surface area contributed by atoms with E-state index in [4.69, 9.17) is 5.73 Å². The molecule has 0 radical (unpaired) electrons. The van der Waals surface area contributed by atoms with Gasteiger partial charge in [-0.3, -0.25) is 0 Å². The van der Waals surface area contributed by atoms with E-state index >= 15 is 0 Å². The fraction of sp³-hybridized carbons (Fsp3) is 0.200. The highest BCUT2D eigenvalue weighted by Gasteiger charge is 2.13. The molecule has 0 saturated heterocycles. The molecule has 0 saturated carbocycles. The smallest absolute Gasteiger partial charge is 0.126 e. The minimum absolute atomic E-state index is 0.255. The maximum absolute atomic E-state index is 13.6. The normalized spacial score (nSPS) is 12.5. The van der Waals surface area contributed by atoms with Crippen LogP contribution < -0.4 is 5.73 Å². The van der Waals surface area contributed by atoms with Crippen molar-refractivity contribution in [2.24, 2.45) is 5.73 Å². The molecule has 0 fully saturated rings. The first-order chi connectivity index (χ1) is 8.97. The van der Waals surface area contributed by atoms with E-state index in [9.17, 15) is 8.78 Å². The lowest BCUT2D eigenvalue weighted by molar-refractivity contribution is 0.572. The van der Waals surface area contributed by atoms with Crippen molar-refractivity contribution in [1.29, 1.82) is 0 Å². The zero-order valence-corrected chi connectivity index (χ0v) is 12.0. The quantitative estimate of drug-likeness (QED) is 0.895. The van der Waals surface area contributed by atoms with Crippen LogP contribution in [0.4, 0.5) is 8.78 Å². The average Bonchev–Trinajstić information content (AvgIpc) is 2.33. The van der Waals surface area contributed by atoms with Crippen molar-refractivity contribution in [2.45, 2.75) is 19.4 Å². The molecule has 2 N–H and O–H groups in total. The molecule has 1 unspecified atom stereocenters. The Bertz CT molecular complexity index is 599. The van der Waals surface area contributed by atoms with Gasteiger partial charge in [-0.25, -0.2) is 8.78 Å². The summed E-state index contributed by atoms with van der Waals surface area (Å²) in [7, 11) is 0. The van der Waals surface area contributed by atoms with E-state index in [2.05, 4.69) is 15.9 Å². The van der Waals surface area contributed by atoms with Crippen LogP contribution in [0, 0.1) is 18.6 Å². The molecule has 100 valence electrons. The molecule has 4 heteroatoms. The molecule has 19 heavy (non-hydrogen) atoms. The number of benzene rings is 2. The van der Waals surface area contributed by atoms with Crippen LogP contribution in [0.5, 0.6) is 0 Å². The van der Waals surface area contributed by atoms with Crippen molar-refractivity contribution in [1.82, 2.24) is 0 Å². The third kappa shape index (κ3) is 3.39. The minimum atomic E-state index is -0.452. The Morgan fingerprint density at radius 3 is 2.58 bits per heavy atom. The van der Waals surface area contributed by atoms with Crippen LogP contribution in [0.25, 0.3) is 0 Å². The van der Waals surface area contributed by atoms with Gasteiger partial charge in [0.15, 0.2) is 0 Å². The first kappa shape index (κ1) is 14.2. The Hall–Kier alpha value is -1.26. The van der Waals surface area contributed by atoms with E-state index in [0.29, 0.717) is 5.56 Å². The van der Waals surface area contributed by atoms with Crippen molar-refractivity contribution >= 4 is 15.9 Å². The van der Waals surface area contributed by atoms with Crippen molar-refractivity contribution in [2.75, 3.05) is 0 Å². The van der Waals surface area contributed by atoms with Crippen LogP contribution in [-0.4, -0.2) is 0 Å². The lowest BCUT2D eigenvalue weighted by Crippen LogP contribution is -2.15. The van der Waals surface area contributed by atoms with Gasteiger partial charge in [-0.05, 0) is 54.3 Å². The molecular formula is C15H14BrF2N. The topological polar surface area (TPSA) is 26.0 Å². The molecule has 0 aliphatic heterocycles. The largest absolute Gasteiger partial charge is 0.324 e. The van der Waals surface area contributed by atoms with Crippen LogP contribution in [0.2, 0.25) is 0 Å². The predicted octanol–water partition coefficient (Wildman–Crippen LogP) is 4.28. The highest BCUT2D eigenvalue weighted by molar-refractivity contribution is 9.10. The molecule has 2 rings (SSSR count). The summed E-state index contributed by atoms with van der Waals surface area (Å²) in [5.41, 5.74) is 8.36. The Balaban J connectivity index is 2.25. The molecule has 0 bridgehead atoms. The first-order valence-corrected chi connectivity index (χ1v) is 6.72. The standard InChI is InChI=1S/C15H14BrF2N/c1-9-2-4-12(13(16)6-9)15(19)8-10-7-11(17)3-5-14(10)18/h2-7,15H,8,19H2,1H3. The number of rotatable bonds is 3. The second-order valence-electron chi connectivity index (χ2n) is 4.57. The fourth-order valence-corrected chi connectivity index (χ4v) is 2.77. The third-order valence-corrected chi connectivity index (χ3v) is 3.69. The van der Waals surface area contributed by atoms with Crippen molar-refractivity contribution in [3.05, 3.63) is 69.2 Å². The van der Waals surface area contributed by atoms with Crippen LogP contribution >= 0.6 is 15.9 Å². The van der Waals surface area contributed by atoms with Crippen molar-refractivity contribution in [3.8, 4) is 0 Å². The van der Waals surface area contributed by atoms with Crippen molar-refractivity contribution < 1.29 is 8.78 Å². The van der Waals surface area contributed by atoms with Gasteiger partial charge in [0.05, 0.1) is 0 Å². The van der Waals surface area contributed by atoms with E-state index in [1.165, 1.54) is 6.07 Å². The maximum atomic E-state index is 13.6. The number of halogens is 3. The van der Waals surface area contributed by atoms with Gasteiger partial charge in [-0.15, -0.1) is 0 Å². The van der Waals surface area contributed by atoms with Crippen LogP contribution in [-0.2, 0) is 6.42 Å². The summed E-state index contributed by atoms with van der Waals surface area (Å²) in [6, 6.07) is 8.84. The zero-order valence-electron chi connectivity index (χ0n) is 10.5. The molecule has 1 nitrogen and oxygen atoms in total. The Kier molecular flexibility index (Phi) is 4.32. The second-order valence-corrected chi connectivity index (χ2v) is 5.43. The molecule has 2 aromatic carbocycles. The van der Waals surface area contributed by atoms with Gasteiger partial charge in [-0.1, -0.05) is 28.1 Å². The summed E-state index contributed by atoms with van der Waals surface area (Å²) in [5, 5.41) is 0. The Morgan fingerprint density at radius 1 is 1.16 bits per heavy atom. The van der Waals surface area contributed by atoms with Crippen LogP contribution in [0.1, 0.15) is 22.7 Å². The lowest BCUT2D eigenvalue weighted by atomic mass is 9.98. The number of aryl methyl sites for hydroxylation is 1. The molecule has 0 aliphatic rings. The van der Waals surface area contributed by atoms with Crippen LogP contribution in [0.3, 0.4) is 0 Å². The molecule has 0 aromatic heterocycles. The van der Waals surface area contributed by atoms with Gasteiger partial charge in [-0.2, -0.15) is 0 Å². The summed E-state index contributed by atoms with van der Waals surface area (Å²) in [6.07, 6.45) is 0.255. The van der Waals surface area contributed by atoms with E-state index in [1.807, 2.05) is 25.1 Å². The van der Waals surface area contributed by atoms with Crippen molar-refractivity contribution in [3.63, 3.8) is 0 Å². The highest BCUT2D eigenvalue weighted by Crippen LogP contribution is 2.26. The molecule has 0 heterocycles. The third-order valence-electron chi connectivity index (χ3n) is 3.00. The fourth-order valence-electron chi connectivity index (χ4n) is 1.98. The zero-order chi connectivity index (χ0) is 14.0. The minimum Gasteiger partial charge on any atom is -0.324 e. The molecular weight excluding hydrogens is 312 g/mol. The summed E-state index contributed by atoms with van der Waals surface area (Å²) in [4.78, 5) is 0. The maximum Gasteiger partial charge on any atom is 0.126 e. The highest BCUT2D eigenvalue weighted by atomic mass is 79.9. The lowest BCUT2D eigenvalue weighted by Gasteiger charge is -2.15. The monoisotopic (exact) mass is 325 g/mol. The van der Waals surface area contributed by atoms with Gasteiger partial charge in [0.1, 0.15) is 11.6 Å². The van der Waals surface area contributed by atoms with Gasteiger partial charge in [0.25, 0.3) is 0 Å². The van der Waals surface area contributed by atoms with Crippen LogP contribution in [0.15, 0.2) is 40.9 Å². The van der Waals surface area contributed by atoms with Gasteiger partial charge >= 0.3 is 0 Å². The molecule has 2 aromatic rings. The van der Waals surface area contributed by atoms with E-state index in [1.54, 1.807) is 0 Å². The Morgan fingerprint density at radius 2 is 1.89 bits per heavy atom. The summed E-state index contributed by atoms with van der Waals surface area (Å²) >= 11 is 3.45. The molecule has 0 aliphatic carbocycles. The second kappa shape index (κ2) is 5.80. The molecule has 0 amide bonds. The molecule has 0 spiro atoms. The van der Waals surface area contributed by atoms with E-state index < -0.39 is 11.6 Å². The van der Waals surface area contributed by atoms with Gasteiger partial charge in [0.2, 0.25) is 0 Å². The number of hydrogen-bond donors (Lipinski definition) is 1. The first-order valence-electron chi connectivity index (χ1n) is 5.93. The van der Waals surface area contributed by atoms with Gasteiger partial charge < -0.3 is 5.73 Å². The Labute approximate surface area is 119 Å². The van der Waals surface area contributed by atoms with E-state index in [-0.39, 0.29) is 12.5 Å². The summed E-state index contributed by atoms with van der Waals surface area (Å²) in [5.74, 6) is -0.883. The summed E-state index contributed by atoms with van der Waals surface area (Å²) < 4.78 is 27.6. The predicted molar refractivity (Wildman–Crippen MR) is 75.9 cm³/mol. The number of hydrogen-bond acceptors (Lipinski definition) is 1. The van der Waals surface area contributed by atoms with E-state index in [0.717, 1.165) is 27.7 Å².